The molecular formula is C24H26N4O3S. The standard InChI is InChI=1S/C24H26N4O3S/c1-5-20(29)28-19-10-8-7-9-18(19)21-22(25-24(27-26-21)32-6-2)31-23(28)16-11-13-17(14-12-16)30-15(3)4/h7-15,23H,5-6H2,1-4H3/t23-/m0/s1. The van der Waals surface area contributed by atoms with Crippen LogP contribution in [0.4, 0.5) is 5.69 Å². The highest BCUT2D eigenvalue weighted by atomic mass is 32.2. The molecule has 0 bridgehead atoms. The van der Waals surface area contributed by atoms with E-state index in [0.29, 0.717) is 23.2 Å². The van der Waals surface area contributed by atoms with Crippen LogP contribution in [0, 0.1) is 0 Å². The van der Waals surface area contributed by atoms with E-state index >= 15 is 0 Å². The molecule has 0 saturated carbocycles. The molecule has 2 heterocycles. The second kappa shape index (κ2) is 9.56. The molecule has 8 heteroatoms. The van der Waals surface area contributed by atoms with Gasteiger partial charge in [-0.1, -0.05) is 43.8 Å². The van der Waals surface area contributed by atoms with Crippen LogP contribution in [0.25, 0.3) is 11.3 Å². The molecule has 0 spiro atoms. The van der Waals surface area contributed by atoms with Crippen LogP contribution in [0.1, 0.15) is 45.9 Å². The molecule has 0 saturated heterocycles. The summed E-state index contributed by atoms with van der Waals surface area (Å²) in [5, 5.41) is 9.21. The van der Waals surface area contributed by atoms with Crippen molar-refractivity contribution >= 4 is 23.4 Å². The summed E-state index contributed by atoms with van der Waals surface area (Å²) in [4.78, 5) is 19.5. The Balaban J connectivity index is 1.86. The SMILES string of the molecule is CCSc1nnc2c(n1)O[C@@H](c1ccc(OC(C)C)cc1)N(C(=O)CC)c1ccccc1-2. The minimum absolute atomic E-state index is 0.0612. The van der Waals surface area contributed by atoms with Gasteiger partial charge in [-0.3, -0.25) is 9.69 Å². The molecule has 1 aromatic heterocycles. The lowest BCUT2D eigenvalue weighted by Gasteiger charge is -2.30. The number of para-hydroxylation sites is 1. The molecule has 0 aliphatic carbocycles. The zero-order valence-electron chi connectivity index (χ0n) is 18.6. The van der Waals surface area contributed by atoms with E-state index in [1.807, 2.05) is 76.2 Å². The van der Waals surface area contributed by atoms with Gasteiger partial charge in [-0.25, -0.2) is 0 Å². The van der Waals surface area contributed by atoms with E-state index in [9.17, 15) is 4.79 Å². The third kappa shape index (κ3) is 4.41. The maximum Gasteiger partial charge on any atom is 0.247 e. The van der Waals surface area contributed by atoms with Crippen LogP contribution in [0.5, 0.6) is 11.6 Å². The number of nitrogens with zero attached hydrogens (tertiary/aromatic N) is 4. The van der Waals surface area contributed by atoms with E-state index in [4.69, 9.17) is 9.47 Å². The number of carbonyl (C=O) groups is 1. The first-order valence-corrected chi connectivity index (χ1v) is 11.7. The Hall–Kier alpha value is -3.13. The maximum atomic E-state index is 13.2. The first kappa shape index (κ1) is 22.1. The Morgan fingerprint density at radius 2 is 1.88 bits per heavy atom. The van der Waals surface area contributed by atoms with Crippen molar-refractivity contribution in [3.05, 3.63) is 54.1 Å². The number of fused-ring (bicyclic) bond motifs is 3. The van der Waals surface area contributed by atoms with E-state index in [0.717, 1.165) is 28.3 Å². The second-order valence-corrected chi connectivity index (χ2v) is 8.75. The number of amides is 1. The molecule has 1 aliphatic heterocycles. The Morgan fingerprint density at radius 3 is 2.56 bits per heavy atom. The highest BCUT2D eigenvalue weighted by Gasteiger charge is 2.35. The highest BCUT2D eigenvalue weighted by Crippen LogP contribution is 2.43. The van der Waals surface area contributed by atoms with E-state index < -0.39 is 6.23 Å². The summed E-state index contributed by atoms with van der Waals surface area (Å²) in [5.74, 6) is 1.88. The number of carbonyl (C=O) groups excluding carboxylic acids is 1. The average molecular weight is 451 g/mol. The van der Waals surface area contributed by atoms with E-state index in [-0.39, 0.29) is 12.0 Å². The van der Waals surface area contributed by atoms with Crippen LogP contribution in [0.2, 0.25) is 0 Å². The predicted octanol–water partition coefficient (Wildman–Crippen LogP) is 5.27. The summed E-state index contributed by atoms with van der Waals surface area (Å²) in [6, 6.07) is 15.2. The van der Waals surface area contributed by atoms with Crippen molar-refractivity contribution in [3.63, 3.8) is 0 Å². The fourth-order valence-electron chi connectivity index (χ4n) is 3.54. The summed E-state index contributed by atoms with van der Waals surface area (Å²) >= 11 is 1.49. The van der Waals surface area contributed by atoms with Crippen molar-refractivity contribution in [2.24, 2.45) is 0 Å². The fourth-order valence-corrected chi connectivity index (χ4v) is 4.05. The van der Waals surface area contributed by atoms with Crippen LogP contribution in [-0.2, 0) is 4.79 Å². The van der Waals surface area contributed by atoms with Gasteiger partial charge in [0.25, 0.3) is 0 Å². The first-order valence-electron chi connectivity index (χ1n) is 10.7. The Labute approximate surface area is 192 Å². The van der Waals surface area contributed by atoms with Crippen LogP contribution in [-0.4, -0.2) is 32.9 Å². The van der Waals surface area contributed by atoms with Crippen molar-refractivity contribution in [1.82, 2.24) is 15.2 Å². The highest BCUT2D eigenvalue weighted by molar-refractivity contribution is 7.99. The van der Waals surface area contributed by atoms with Crippen molar-refractivity contribution < 1.29 is 14.3 Å². The topological polar surface area (TPSA) is 77.4 Å². The Kier molecular flexibility index (Phi) is 6.60. The van der Waals surface area contributed by atoms with Gasteiger partial charge in [0.15, 0.2) is 5.69 Å². The zero-order chi connectivity index (χ0) is 22.7. The molecule has 7 nitrogen and oxygen atoms in total. The van der Waals surface area contributed by atoms with Gasteiger partial charge < -0.3 is 9.47 Å². The van der Waals surface area contributed by atoms with Crippen LogP contribution >= 0.6 is 11.8 Å². The van der Waals surface area contributed by atoms with Crippen LogP contribution in [0.15, 0.2) is 53.7 Å². The van der Waals surface area contributed by atoms with Gasteiger partial charge in [0.2, 0.25) is 23.2 Å². The van der Waals surface area contributed by atoms with Crippen molar-refractivity contribution in [1.29, 1.82) is 0 Å². The quantitative estimate of drug-likeness (QED) is 0.473. The van der Waals surface area contributed by atoms with Crippen molar-refractivity contribution in [3.8, 4) is 22.9 Å². The van der Waals surface area contributed by atoms with E-state index in [2.05, 4.69) is 15.2 Å². The predicted molar refractivity (Wildman–Crippen MR) is 125 cm³/mol. The molecule has 32 heavy (non-hydrogen) atoms. The van der Waals surface area contributed by atoms with E-state index in [1.165, 1.54) is 11.8 Å². The number of benzene rings is 2. The van der Waals surface area contributed by atoms with Gasteiger partial charge in [-0.15, -0.1) is 10.2 Å². The number of anilines is 1. The summed E-state index contributed by atoms with van der Waals surface area (Å²) in [6.45, 7) is 7.83. The summed E-state index contributed by atoms with van der Waals surface area (Å²) < 4.78 is 12.2. The van der Waals surface area contributed by atoms with Gasteiger partial charge in [-0.05, 0) is 49.9 Å². The maximum absolute atomic E-state index is 13.2. The smallest absolute Gasteiger partial charge is 0.247 e. The van der Waals surface area contributed by atoms with Crippen LogP contribution < -0.4 is 14.4 Å². The van der Waals surface area contributed by atoms with Gasteiger partial charge in [0, 0.05) is 17.5 Å². The molecule has 0 N–H and O–H groups in total. The molecule has 2 aromatic carbocycles. The first-order chi connectivity index (χ1) is 15.5. The lowest BCUT2D eigenvalue weighted by molar-refractivity contribution is -0.120. The second-order valence-electron chi connectivity index (χ2n) is 7.52. The zero-order valence-corrected chi connectivity index (χ0v) is 19.4. The third-order valence-electron chi connectivity index (χ3n) is 4.89. The van der Waals surface area contributed by atoms with E-state index in [1.54, 1.807) is 4.90 Å². The molecule has 0 unspecified atom stereocenters. The molecule has 3 aromatic rings. The molecule has 166 valence electrons. The number of hydrogen-bond donors (Lipinski definition) is 0. The molecule has 1 atom stereocenters. The lowest BCUT2D eigenvalue weighted by atomic mass is 10.1. The van der Waals surface area contributed by atoms with Crippen molar-refractivity contribution in [2.75, 3.05) is 10.7 Å². The van der Waals surface area contributed by atoms with Crippen LogP contribution in [0.3, 0.4) is 0 Å². The minimum atomic E-state index is -0.700. The molecule has 0 radical (unpaired) electrons. The Morgan fingerprint density at radius 1 is 1.12 bits per heavy atom. The fraction of sp³-hybridized carbons (Fsp3) is 0.333. The normalized spacial score (nSPS) is 14.9. The minimum Gasteiger partial charge on any atom is -0.491 e. The van der Waals surface area contributed by atoms with Gasteiger partial charge in [0.1, 0.15) is 5.75 Å². The molecule has 0 fully saturated rings. The Bertz CT molecular complexity index is 1100. The average Bonchev–Trinajstić information content (AvgIpc) is 2.93. The third-order valence-corrected chi connectivity index (χ3v) is 5.61. The van der Waals surface area contributed by atoms with Gasteiger partial charge in [0.05, 0.1) is 11.8 Å². The lowest BCUT2D eigenvalue weighted by Crippen LogP contribution is -2.37. The van der Waals surface area contributed by atoms with Gasteiger partial charge >= 0.3 is 0 Å². The number of thioether (sulfide) groups is 1. The van der Waals surface area contributed by atoms with Crippen molar-refractivity contribution in [2.45, 2.75) is 51.6 Å². The molecule has 1 aliphatic rings. The monoisotopic (exact) mass is 450 g/mol. The number of aromatic nitrogens is 3. The molecule has 1 amide bonds. The molecule has 4 rings (SSSR count). The number of rotatable bonds is 6. The van der Waals surface area contributed by atoms with Gasteiger partial charge in [-0.2, -0.15) is 4.98 Å². The summed E-state index contributed by atoms with van der Waals surface area (Å²) in [5.41, 5.74) is 2.82. The number of ether oxygens (including phenoxy) is 2. The molecular weight excluding hydrogens is 424 g/mol. The summed E-state index contributed by atoms with van der Waals surface area (Å²) in [6.07, 6.45) is -0.298. The number of hydrogen-bond acceptors (Lipinski definition) is 7. The summed E-state index contributed by atoms with van der Waals surface area (Å²) in [7, 11) is 0. The largest absolute Gasteiger partial charge is 0.491 e.